The first kappa shape index (κ1) is 31.6. The number of fused-ring (bicyclic) bond motifs is 7. The molecule has 0 amide bonds. The molecule has 0 spiro atoms. The van der Waals surface area contributed by atoms with Gasteiger partial charge in [0.05, 0.1) is 11.4 Å². The lowest BCUT2D eigenvalue weighted by Gasteiger charge is -2.22. The van der Waals surface area contributed by atoms with Crippen LogP contribution in [0.5, 0.6) is 0 Å². The molecule has 1 aliphatic carbocycles. The number of benzene rings is 9. The Morgan fingerprint density at radius 3 is 1.69 bits per heavy atom. The van der Waals surface area contributed by atoms with Crippen LogP contribution in [0.2, 0.25) is 0 Å². The lowest BCUT2D eigenvalue weighted by Crippen LogP contribution is -2.15. The van der Waals surface area contributed by atoms with Gasteiger partial charge in [-0.3, -0.25) is 0 Å². The van der Waals surface area contributed by atoms with Crippen molar-refractivity contribution in [3.05, 3.63) is 193 Å². The topological polar surface area (TPSA) is 25.8 Å². The van der Waals surface area contributed by atoms with Gasteiger partial charge in [0.2, 0.25) is 0 Å². The van der Waals surface area contributed by atoms with Crippen molar-refractivity contribution in [2.45, 2.75) is 19.3 Å². The summed E-state index contributed by atoms with van der Waals surface area (Å²) in [7, 11) is 0. The van der Waals surface area contributed by atoms with Crippen molar-refractivity contribution in [3.63, 3.8) is 0 Å². The van der Waals surface area contributed by atoms with Gasteiger partial charge >= 0.3 is 0 Å². The maximum absolute atomic E-state index is 5.37. The smallest absolute Gasteiger partial charge is 0.161 e. The minimum atomic E-state index is -0.113. The van der Waals surface area contributed by atoms with E-state index in [2.05, 4.69) is 196 Å². The van der Waals surface area contributed by atoms with Crippen molar-refractivity contribution >= 4 is 43.1 Å². The molecule has 0 saturated heterocycles. The van der Waals surface area contributed by atoms with Crippen molar-refractivity contribution in [1.82, 2.24) is 9.97 Å². The summed E-state index contributed by atoms with van der Waals surface area (Å²) in [5.41, 5.74) is 12.8. The Labute approximate surface area is 320 Å². The van der Waals surface area contributed by atoms with Gasteiger partial charge in [-0.1, -0.05) is 166 Å². The Morgan fingerprint density at radius 2 is 0.891 bits per heavy atom. The zero-order valence-corrected chi connectivity index (χ0v) is 30.7. The zero-order valence-electron chi connectivity index (χ0n) is 30.7. The van der Waals surface area contributed by atoms with Gasteiger partial charge in [-0.2, -0.15) is 0 Å². The van der Waals surface area contributed by atoms with Crippen LogP contribution < -0.4 is 0 Å². The third-order valence-corrected chi connectivity index (χ3v) is 11.9. The second-order valence-corrected chi connectivity index (χ2v) is 15.4. The predicted octanol–water partition coefficient (Wildman–Crippen LogP) is 14.1. The van der Waals surface area contributed by atoms with E-state index in [1.165, 1.54) is 71.1 Å². The van der Waals surface area contributed by atoms with Crippen LogP contribution in [-0.4, -0.2) is 9.97 Å². The van der Waals surface area contributed by atoms with Crippen molar-refractivity contribution in [2.75, 3.05) is 0 Å². The Kier molecular flexibility index (Phi) is 6.93. The van der Waals surface area contributed by atoms with Crippen molar-refractivity contribution in [1.29, 1.82) is 0 Å². The van der Waals surface area contributed by atoms with E-state index >= 15 is 0 Å². The van der Waals surface area contributed by atoms with Gasteiger partial charge in [0.15, 0.2) is 5.82 Å². The first-order valence-corrected chi connectivity index (χ1v) is 19.1. The highest BCUT2D eigenvalue weighted by Crippen LogP contribution is 2.51. The van der Waals surface area contributed by atoms with Crippen LogP contribution in [0, 0.1) is 0 Å². The summed E-state index contributed by atoms with van der Waals surface area (Å²) in [6.45, 7) is 4.74. The summed E-state index contributed by atoms with van der Waals surface area (Å²) < 4.78 is 0. The van der Waals surface area contributed by atoms with Gasteiger partial charge in [-0.05, 0) is 107 Å². The van der Waals surface area contributed by atoms with E-state index in [4.69, 9.17) is 9.97 Å². The van der Waals surface area contributed by atoms with E-state index in [9.17, 15) is 0 Å². The Morgan fingerprint density at radius 1 is 0.327 bits per heavy atom. The molecule has 0 bridgehead atoms. The summed E-state index contributed by atoms with van der Waals surface area (Å²) >= 11 is 0. The minimum Gasteiger partial charge on any atom is -0.228 e. The summed E-state index contributed by atoms with van der Waals surface area (Å²) in [4.78, 5) is 10.6. The Bertz CT molecular complexity index is 3180. The molecule has 0 N–H and O–H groups in total. The van der Waals surface area contributed by atoms with Crippen LogP contribution in [0.4, 0.5) is 0 Å². The average molecular weight is 701 g/mol. The van der Waals surface area contributed by atoms with E-state index < -0.39 is 0 Å². The fourth-order valence-corrected chi connectivity index (χ4v) is 8.99. The molecule has 1 heterocycles. The Hall–Kier alpha value is -6.90. The van der Waals surface area contributed by atoms with Crippen LogP contribution in [0.15, 0.2) is 182 Å². The van der Waals surface area contributed by atoms with Crippen molar-refractivity contribution < 1.29 is 0 Å². The first-order valence-electron chi connectivity index (χ1n) is 19.1. The number of rotatable bonds is 4. The molecule has 10 aromatic rings. The molecule has 1 aromatic heterocycles. The van der Waals surface area contributed by atoms with Gasteiger partial charge in [-0.25, -0.2) is 9.97 Å². The summed E-state index contributed by atoms with van der Waals surface area (Å²) in [5.74, 6) is 0.721. The standard InChI is InChI=1S/C53H36N2/c1-53(2)48-31-38(24-25-44(48)47-29-36-15-5-6-16-37(36)30-49(47)53)41-26-27-45(43-20-10-9-19-42(41)43)51-32-50(39-23-22-33-12-3-4-14-35(33)28-39)54-52(55-51)46-21-11-17-34-13-7-8-18-40(34)46/h3-32H,1-2H3. The molecule has 0 saturated carbocycles. The van der Waals surface area contributed by atoms with Gasteiger partial charge in [0.25, 0.3) is 0 Å². The molecule has 0 atom stereocenters. The van der Waals surface area contributed by atoms with Crippen LogP contribution >= 0.6 is 0 Å². The second kappa shape index (κ2) is 12.1. The van der Waals surface area contributed by atoms with Gasteiger partial charge in [0, 0.05) is 22.1 Å². The monoisotopic (exact) mass is 700 g/mol. The predicted molar refractivity (Wildman–Crippen MR) is 231 cm³/mol. The molecule has 0 aliphatic heterocycles. The minimum absolute atomic E-state index is 0.113. The first-order chi connectivity index (χ1) is 27.0. The maximum Gasteiger partial charge on any atom is 0.161 e. The molecule has 0 unspecified atom stereocenters. The van der Waals surface area contributed by atoms with Crippen molar-refractivity contribution in [3.8, 4) is 56.2 Å². The molecule has 9 aromatic carbocycles. The SMILES string of the molecule is CC1(C)c2cc(-c3ccc(-c4cc(-c5ccc6ccccc6c5)nc(-c5cccc6ccccc56)n4)c4ccccc34)ccc2-c2cc3ccccc3cc21. The highest BCUT2D eigenvalue weighted by atomic mass is 14.9. The third-order valence-electron chi connectivity index (χ3n) is 11.9. The second-order valence-electron chi connectivity index (χ2n) is 15.4. The molecule has 258 valence electrons. The maximum atomic E-state index is 5.37. The van der Waals surface area contributed by atoms with Crippen LogP contribution in [-0.2, 0) is 5.41 Å². The number of aromatic nitrogens is 2. The van der Waals surface area contributed by atoms with E-state index in [1.54, 1.807) is 0 Å². The fourth-order valence-electron chi connectivity index (χ4n) is 8.99. The quantitative estimate of drug-likeness (QED) is 0.183. The summed E-state index contributed by atoms with van der Waals surface area (Å²) in [6, 6.07) is 66.1. The normalized spacial score (nSPS) is 13.1. The molecule has 0 fully saturated rings. The third kappa shape index (κ3) is 5.02. The molecule has 0 radical (unpaired) electrons. The van der Waals surface area contributed by atoms with Gasteiger partial charge in [-0.15, -0.1) is 0 Å². The molecular formula is C53H36N2. The molecule has 2 nitrogen and oxygen atoms in total. The van der Waals surface area contributed by atoms with Crippen LogP contribution in [0.25, 0.3) is 99.2 Å². The molecule has 55 heavy (non-hydrogen) atoms. The zero-order chi connectivity index (χ0) is 36.7. The van der Waals surface area contributed by atoms with Crippen LogP contribution in [0.1, 0.15) is 25.0 Å². The molecular weight excluding hydrogens is 665 g/mol. The fraction of sp³-hybridized carbons (Fsp3) is 0.0566. The lowest BCUT2D eigenvalue weighted by molar-refractivity contribution is 0.661. The number of hydrogen-bond donors (Lipinski definition) is 0. The highest BCUT2D eigenvalue weighted by molar-refractivity contribution is 6.06. The number of nitrogens with zero attached hydrogens (tertiary/aromatic N) is 2. The van der Waals surface area contributed by atoms with Crippen molar-refractivity contribution in [2.24, 2.45) is 0 Å². The highest BCUT2D eigenvalue weighted by Gasteiger charge is 2.36. The van der Waals surface area contributed by atoms with Crippen LogP contribution in [0.3, 0.4) is 0 Å². The molecule has 1 aliphatic rings. The number of hydrogen-bond acceptors (Lipinski definition) is 2. The lowest BCUT2D eigenvalue weighted by atomic mass is 9.81. The van der Waals surface area contributed by atoms with Gasteiger partial charge in [0.1, 0.15) is 0 Å². The van der Waals surface area contributed by atoms with E-state index in [0.717, 1.165) is 39.3 Å². The Balaban J connectivity index is 1.09. The van der Waals surface area contributed by atoms with Gasteiger partial charge < -0.3 is 0 Å². The van der Waals surface area contributed by atoms with E-state index in [1.807, 2.05) is 0 Å². The van der Waals surface area contributed by atoms with E-state index in [0.29, 0.717) is 0 Å². The molecule has 11 rings (SSSR count). The summed E-state index contributed by atoms with van der Waals surface area (Å²) in [6.07, 6.45) is 0. The largest absolute Gasteiger partial charge is 0.228 e. The average Bonchev–Trinajstić information content (AvgIpc) is 3.46. The van der Waals surface area contributed by atoms with E-state index in [-0.39, 0.29) is 5.41 Å². The summed E-state index contributed by atoms with van der Waals surface area (Å²) in [5, 5.41) is 9.66. The molecule has 2 heteroatoms.